The highest BCUT2D eigenvalue weighted by Gasteiger charge is 2.36. The molecule has 1 aliphatic carbocycles. The van der Waals surface area contributed by atoms with Gasteiger partial charge in [0.15, 0.2) is 11.2 Å². The topological polar surface area (TPSA) is 32.8 Å². The lowest BCUT2D eigenvalue weighted by atomic mass is 9.81. The zero-order chi connectivity index (χ0) is 49.8. The van der Waals surface area contributed by atoms with Gasteiger partial charge in [0.1, 0.15) is 11.2 Å². The number of fused-ring (bicyclic) bond motifs is 11. The molecule has 0 bridgehead atoms. The Morgan fingerprint density at radius 1 is 0.293 bits per heavy atom. The zero-order valence-corrected chi connectivity index (χ0v) is 41.5. The number of rotatable bonds is 8. The molecule has 15 rings (SSSR count). The van der Waals surface area contributed by atoms with E-state index in [-0.39, 0.29) is 5.41 Å². The predicted molar refractivity (Wildman–Crippen MR) is 314 cm³/mol. The van der Waals surface area contributed by atoms with Crippen LogP contribution in [0.15, 0.2) is 264 Å². The summed E-state index contributed by atoms with van der Waals surface area (Å²) >= 11 is 0. The third-order valence-corrected chi connectivity index (χ3v) is 15.7. The van der Waals surface area contributed by atoms with Crippen molar-refractivity contribution in [3.63, 3.8) is 0 Å². The monoisotopic (exact) mass is 960 g/mol. The van der Waals surface area contributed by atoms with E-state index in [0.29, 0.717) is 0 Å². The van der Waals surface area contributed by atoms with E-state index in [1.54, 1.807) is 0 Å². The van der Waals surface area contributed by atoms with Gasteiger partial charge in [-0.05, 0) is 163 Å². The Kier molecular flexibility index (Phi) is 9.58. The molecule has 12 aromatic carbocycles. The van der Waals surface area contributed by atoms with Crippen LogP contribution in [0.3, 0.4) is 0 Å². The van der Waals surface area contributed by atoms with Gasteiger partial charge in [-0.25, -0.2) is 0 Å². The number of para-hydroxylation sites is 4. The van der Waals surface area contributed by atoms with Crippen LogP contribution in [0.25, 0.3) is 98.8 Å². The SMILES string of the molecule is CC1(C)c2cc3cc(N(c4cccc(-c5ccccc5)c4)c4cccc5c4oc4ccccc45)ccc3cc2-c2cc3ccc(N(c4cccc(-c5ccccc5)c4)c4cccc5c4oc4ccccc45)cc3cc21. The van der Waals surface area contributed by atoms with Crippen molar-refractivity contribution in [3.05, 3.63) is 266 Å². The molecule has 0 N–H and O–H groups in total. The summed E-state index contributed by atoms with van der Waals surface area (Å²) in [7, 11) is 0. The van der Waals surface area contributed by atoms with Gasteiger partial charge < -0.3 is 18.6 Å². The summed E-state index contributed by atoms with van der Waals surface area (Å²) in [5.74, 6) is 0. The van der Waals surface area contributed by atoms with Gasteiger partial charge in [0.05, 0.1) is 11.4 Å². The second-order valence-corrected chi connectivity index (χ2v) is 20.5. The summed E-state index contributed by atoms with van der Waals surface area (Å²) in [5.41, 5.74) is 19.3. The second-order valence-electron chi connectivity index (χ2n) is 20.5. The average Bonchev–Trinajstić information content (AvgIpc) is 4.11. The van der Waals surface area contributed by atoms with Crippen LogP contribution in [-0.4, -0.2) is 0 Å². The van der Waals surface area contributed by atoms with Crippen molar-refractivity contribution in [2.45, 2.75) is 19.3 Å². The van der Waals surface area contributed by atoms with Crippen LogP contribution < -0.4 is 9.80 Å². The fourth-order valence-electron chi connectivity index (χ4n) is 12.1. The minimum Gasteiger partial charge on any atom is -0.454 e. The van der Waals surface area contributed by atoms with E-state index in [1.165, 1.54) is 54.9 Å². The molecule has 0 aliphatic heterocycles. The van der Waals surface area contributed by atoms with Gasteiger partial charge in [-0.3, -0.25) is 0 Å². The van der Waals surface area contributed by atoms with Crippen molar-refractivity contribution in [1.29, 1.82) is 0 Å². The van der Waals surface area contributed by atoms with Gasteiger partial charge in [0.25, 0.3) is 0 Å². The van der Waals surface area contributed by atoms with Crippen LogP contribution in [0.2, 0.25) is 0 Å². The first-order valence-corrected chi connectivity index (χ1v) is 25.8. The highest BCUT2D eigenvalue weighted by molar-refractivity contribution is 6.12. The predicted octanol–water partition coefficient (Wildman–Crippen LogP) is 20.4. The normalized spacial score (nSPS) is 12.8. The Balaban J connectivity index is 0.859. The van der Waals surface area contributed by atoms with E-state index in [0.717, 1.165) is 89.1 Å². The molecule has 4 nitrogen and oxygen atoms in total. The molecule has 354 valence electrons. The molecular weight excluding hydrogens is 913 g/mol. The minimum absolute atomic E-state index is 0.272. The number of hydrogen-bond donors (Lipinski definition) is 0. The van der Waals surface area contributed by atoms with Gasteiger partial charge in [-0.2, -0.15) is 0 Å². The summed E-state index contributed by atoms with van der Waals surface area (Å²) < 4.78 is 13.5. The van der Waals surface area contributed by atoms with Crippen LogP contribution in [-0.2, 0) is 5.41 Å². The van der Waals surface area contributed by atoms with Crippen molar-refractivity contribution >= 4 is 99.5 Å². The molecule has 75 heavy (non-hydrogen) atoms. The molecule has 0 saturated heterocycles. The number of anilines is 6. The third-order valence-electron chi connectivity index (χ3n) is 15.7. The van der Waals surface area contributed by atoms with E-state index < -0.39 is 0 Å². The van der Waals surface area contributed by atoms with E-state index in [4.69, 9.17) is 8.83 Å². The zero-order valence-electron chi connectivity index (χ0n) is 41.5. The van der Waals surface area contributed by atoms with Crippen LogP contribution in [0.5, 0.6) is 0 Å². The maximum Gasteiger partial charge on any atom is 0.159 e. The Bertz CT molecular complexity index is 4290. The molecule has 0 unspecified atom stereocenters. The Hall–Kier alpha value is -9.64. The first-order chi connectivity index (χ1) is 36.9. The summed E-state index contributed by atoms with van der Waals surface area (Å²) in [6.07, 6.45) is 0. The van der Waals surface area contributed by atoms with Crippen molar-refractivity contribution in [2.24, 2.45) is 0 Å². The molecule has 0 radical (unpaired) electrons. The van der Waals surface area contributed by atoms with Crippen LogP contribution in [0.4, 0.5) is 34.1 Å². The lowest BCUT2D eigenvalue weighted by Gasteiger charge is -2.27. The number of benzene rings is 12. The lowest BCUT2D eigenvalue weighted by Crippen LogP contribution is -2.15. The first kappa shape index (κ1) is 43.0. The molecule has 0 spiro atoms. The molecular formula is C71H48N2O2. The van der Waals surface area contributed by atoms with Crippen molar-refractivity contribution in [3.8, 4) is 33.4 Å². The van der Waals surface area contributed by atoms with Crippen LogP contribution in [0, 0.1) is 0 Å². The molecule has 1 aliphatic rings. The Morgan fingerprint density at radius 3 is 1.15 bits per heavy atom. The molecule has 2 aromatic heterocycles. The second kappa shape index (κ2) is 16.7. The van der Waals surface area contributed by atoms with Crippen molar-refractivity contribution in [1.82, 2.24) is 0 Å². The third kappa shape index (κ3) is 6.91. The van der Waals surface area contributed by atoms with Crippen LogP contribution >= 0.6 is 0 Å². The van der Waals surface area contributed by atoms with E-state index in [2.05, 4.69) is 266 Å². The van der Waals surface area contributed by atoms with Gasteiger partial charge in [-0.15, -0.1) is 0 Å². The maximum atomic E-state index is 6.73. The van der Waals surface area contributed by atoms with Crippen molar-refractivity contribution in [2.75, 3.05) is 9.80 Å². The van der Waals surface area contributed by atoms with Crippen molar-refractivity contribution < 1.29 is 8.83 Å². The summed E-state index contributed by atoms with van der Waals surface area (Å²) in [4.78, 5) is 4.73. The van der Waals surface area contributed by atoms with E-state index in [1.807, 2.05) is 12.1 Å². The van der Waals surface area contributed by atoms with Gasteiger partial charge in [0, 0.05) is 49.7 Å². The van der Waals surface area contributed by atoms with Crippen LogP contribution in [0.1, 0.15) is 25.0 Å². The molecule has 4 heteroatoms. The van der Waals surface area contributed by atoms with Gasteiger partial charge in [-0.1, -0.05) is 172 Å². The largest absolute Gasteiger partial charge is 0.454 e. The fourth-order valence-corrected chi connectivity index (χ4v) is 12.1. The number of furan rings is 2. The Labute approximate surface area is 434 Å². The molecule has 14 aromatic rings. The van der Waals surface area contributed by atoms with E-state index >= 15 is 0 Å². The highest BCUT2D eigenvalue weighted by Crippen LogP contribution is 2.53. The fraction of sp³-hybridized carbons (Fsp3) is 0.0423. The maximum absolute atomic E-state index is 6.73. The van der Waals surface area contributed by atoms with Gasteiger partial charge >= 0.3 is 0 Å². The summed E-state index contributed by atoms with van der Waals surface area (Å²) in [6, 6.07) is 92.1. The molecule has 0 fully saturated rings. The van der Waals surface area contributed by atoms with Gasteiger partial charge in [0.2, 0.25) is 0 Å². The Morgan fingerprint density at radius 2 is 0.680 bits per heavy atom. The van der Waals surface area contributed by atoms with E-state index in [9.17, 15) is 0 Å². The average molecular weight is 961 g/mol. The summed E-state index contributed by atoms with van der Waals surface area (Å²) in [5, 5.41) is 9.18. The summed E-state index contributed by atoms with van der Waals surface area (Å²) in [6.45, 7) is 4.77. The minimum atomic E-state index is -0.272. The standard InChI is InChI=1S/C71H48N2O2/c1-71(2)63-43-51-39-55(72(53-23-13-21-47(37-53)45-17-5-3-6-18-45)65-29-15-27-59-57-25-9-11-31-67(57)74-69(59)65)35-33-49(51)41-61(63)62-42-50-34-36-56(40-52(50)44-64(62)71)73(54-24-14-22-48(38-54)46-19-7-4-8-20-46)66-30-16-28-60-58-26-10-12-32-68(58)75-70(60)66/h3-44H,1-2H3. The smallest absolute Gasteiger partial charge is 0.159 e. The quantitative estimate of drug-likeness (QED) is 0.152. The number of nitrogens with zero attached hydrogens (tertiary/aromatic N) is 2. The lowest BCUT2D eigenvalue weighted by molar-refractivity contribution is 0.662. The molecule has 0 amide bonds. The molecule has 0 atom stereocenters. The molecule has 2 heterocycles. The number of hydrogen-bond acceptors (Lipinski definition) is 4. The highest BCUT2D eigenvalue weighted by atomic mass is 16.3. The molecule has 0 saturated carbocycles. The first-order valence-electron chi connectivity index (χ1n) is 25.8.